The molecule has 4 atom stereocenters. The van der Waals surface area contributed by atoms with Crippen molar-refractivity contribution in [3.05, 3.63) is 18.2 Å². The van der Waals surface area contributed by atoms with E-state index in [9.17, 15) is 34.2 Å². The lowest BCUT2D eigenvalue weighted by Crippen LogP contribution is -2.58. The average Bonchev–Trinajstić information content (AvgIpc) is 3.31. The molecule has 0 saturated heterocycles. The Morgan fingerprint density at radius 2 is 1.68 bits per heavy atom. The fourth-order valence-corrected chi connectivity index (χ4v) is 3.18. The molecule has 16 nitrogen and oxygen atoms in total. The summed E-state index contributed by atoms with van der Waals surface area (Å²) < 4.78 is 0. The summed E-state index contributed by atoms with van der Waals surface area (Å²) in [7, 11) is 0. The lowest BCUT2D eigenvalue weighted by Gasteiger charge is -2.26. The van der Waals surface area contributed by atoms with Crippen molar-refractivity contribution in [2.75, 3.05) is 6.54 Å². The highest BCUT2D eigenvalue weighted by Crippen LogP contribution is 2.07. The molecule has 1 aromatic rings. The summed E-state index contributed by atoms with van der Waals surface area (Å²) in [6, 6.07) is -5.15. The number of aromatic amines is 1. The molecule has 4 unspecified atom stereocenters. The lowest BCUT2D eigenvalue weighted by molar-refractivity contribution is -0.143. The zero-order chi connectivity index (χ0) is 28.1. The number of H-pyrrole nitrogens is 1. The number of hydrogen-bond donors (Lipinski definition) is 9. The predicted molar refractivity (Wildman–Crippen MR) is 131 cm³/mol. The number of nitrogens with two attached hydrogens (primary N) is 3. The number of aromatic nitrogens is 2. The molecule has 206 valence electrons. The van der Waals surface area contributed by atoms with E-state index in [1.807, 2.05) is 0 Å². The Bertz CT molecular complexity index is 962. The van der Waals surface area contributed by atoms with Crippen LogP contribution in [0.3, 0.4) is 0 Å². The quantitative estimate of drug-likeness (QED) is 0.0595. The van der Waals surface area contributed by atoms with Gasteiger partial charge < -0.3 is 48.3 Å². The van der Waals surface area contributed by atoms with Crippen LogP contribution in [-0.4, -0.2) is 86.5 Å². The first-order chi connectivity index (χ1) is 17.3. The summed E-state index contributed by atoms with van der Waals surface area (Å²) in [6.07, 6.45) is 2.37. The van der Waals surface area contributed by atoms with Crippen molar-refractivity contribution < 1.29 is 34.2 Å². The number of rotatable bonds is 16. The van der Waals surface area contributed by atoms with Gasteiger partial charge in [-0.15, -0.1) is 0 Å². The summed E-state index contributed by atoms with van der Waals surface area (Å²) in [5, 5.41) is 25.7. The number of guanidine groups is 1. The molecule has 0 saturated carbocycles. The summed E-state index contributed by atoms with van der Waals surface area (Å²) in [6.45, 7) is 3.53. The number of aliphatic carboxylic acids is 2. The number of hydrogen-bond acceptors (Lipinski definition) is 8. The van der Waals surface area contributed by atoms with E-state index in [1.54, 1.807) is 13.8 Å². The fraction of sp³-hybridized carbons (Fsp3) is 0.571. The maximum absolute atomic E-state index is 12.9. The van der Waals surface area contributed by atoms with Crippen molar-refractivity contribution in [3.63, 3.8) is 0 Å². The van der Waals surface area contributed by atoms with E-state index in [0.29, 0.717) is 12.1 Å². The summed E-state index contributed by atoms with van der Waals surface area (Å²) in [5.41, 5.74) is 16.8. The third-order valence-corrected chi connectivity index (χ3v) is 5.16. The van der Waals surface area contributed by atoms with Gasteiger partial charge in [-0.3, -0.25) is 24.2 Å². The molecule has 0 bridgehead atoms. The molecule has 37 heavy (non-hydrogen) atoms. The maximum Gasteiger partial charge on any atom is 0.326 e. The Balaban J connectivity index is 2.88. The van der Waals surface area contributed by atoms with E-state index in [-0.39, 0.29) is 25.3 Å². The topological polar surface area (TPSA) is 281 Å². The summed E-state index contributed by atoms with van der Waals surface area (Å²) in [5.74, 6) is -5.82. The van der Waals surface area contributed by atoms with Crippen LogP contribution in [-0.2, 0) is 30.4 Å². The van der Waals surface area contributed by atoms with E-state index >= 15 is 0 Å². The molecule has 0 aliphatic rings. The van der Waals surface area contributed by atoms with Gasteiger partial charge in [0.15, 0.2) is 5.96 Å². The number of carboxylic acid groups (broad SMARTS) is 2. The molecule has 1 aromatic heterocycles. The average molecular weight is 526 g/mol. The van der Waals surface area contributed by atoms with Crippen LogP contribution in [0.15, 0.2) is 17.5 Å². The van der Waals surface area contributed by atoms with Gasteiger partial charge in [0.2, 0.25) is 17.7 Å². The summed E-state index contributed by atoms with van der Waals surface area (Å²) in [4.78, 5) is 71.4. The lowest BCUT2D eigenvalue weighted by atomic mass is 10.0. The minimum absolute atomic E-state index is 0.0921. The number of imidazole rings is 1. The van der Waals surface area contributed by atoms with Crippen molar-refractivity contribution in [3.8, 4) is 0 Å². The summed E-state index contributed by atoms with van der Waals surface area (Å²) >= 11 is 0. The van der Waals surface area contributed by atoms with Crippen molar-refractivity contribution in [2.24, 2.45) is 28.1 Å². The van der Waals surface area contributed by atoms with Crippen LogP contribution in [0.5, 0.6) is 0 Å². The Morgan fingerprint density at radius 1 is 1.03 bits per heavy atom. The zero-order valence-corrected chi connectivity index (χ0v) is 20.6. The molecule has 1 rings (SSSR count). The largest absolute Gasteiger partial charge is 0.481 e. The highest BCUT2D eigenvalue weighted by Gasteiger charge is 2.33. The minimum Gasteiger partial charge on any atom is -0.481 e. The molecule has 0 aliphatic carbocycles. The third kappa shape index (κ3) is 11.4. The molecule has 16 heteroatoms. The Kier molecular flexibility index (Phi) is 12.5. The van der Waals surface area contributed by atoms with Crippen LogP contribution in [0.4, 0.5) is 0 Å². The number of carboxylic acids is 2. The zero-order valence-electron chi connectivity index (χ0n) is 20.6. The number of carbonyl (C=O) groups is 5. The van der Waals surface area contributed by atoms with Gasteiger partial charge in [0, 0.05) is 24.9 Å². The molecule has 12 N–H and O–H groups in total. The van der Waals surface area contributed by atoms with Gasteiger partial charge in [0.25, 0.3) is 0 Å². The molecule has 0 radical (unpaired) electrons. The van der Waals surface area contributed by atoms with Crippen molar-refractivity contribution >= 4 is 35.6 Å². The number of nitrogens with one attached hydrogen (secondary N) is 4. The van der Waals surface area contributed by atoms with Gasteiger partial charge in [0.05, 0.1) is 18.8 Å². The normalized spacial score (nSPS) is 14.1. The van der Waals surface area contributed by atoms with Crippen LogP contribution in [0.1, 0.15) is 38.8 Å². The van der Waals surface area contributed by atoms with Gasteiger partial charge in [-0.05, 0) is 18.8 Å². The Hall–Kier alpha value is -4.21. The smallest absolute Gasteiger partial charge is 0.326 e. The number of amides is 3. The van der Waals surface area contributed by atoms with Gasteiger partial charge >= 0.3 is 11.9 Å². The molecule has 0 fully saturated rings. The number of nitrogens with zero attached hydrogens (tertiary/aromatic N) is 2. The molecular formula is C21H35N9O7. The predicted octanol–water partition coefficient (Wildman–Crippen LogP) is -3.00. The molecule has 3 amide bonds. The highest BCUT2D eigenvalue weighted by atomic mass is 16.4. The molecule has 0 spiro atoms. The fourth-order valence-electron chi connectivity index (χ4n) is 3.18. The van der Waals surface area contributed by atoms with E-state index in [4.69, 9.17) is 17.2 Å². The number of carbonyl (C=O) groups excluding carboxylic acids is 3. The van der Waals surface area contributed by atoms with E-state index in [0.717, 1.165) is 0 Å². The molecular weight excluding hydrogens is 490 g/mol. The Labute approximate surface area is 212 Å². The standard InChI is InChI=1S/C21H35N9O7/c1-10(2)16(30-17(33)12(22)4-3-5-26-21(23)24)19(35)28-13(7-15(31)32)18(34)29-14(20(36)37)6-11-8-25-9-27-11/h8-10,12-14,16H,3-7,22H2,1-2H3,(H,25,27)(H,28,35)(H,29,34)(H,30,33)(H,31,32)(H,36,37)(H4,23,24,26). The van der Waals surface area contributed by atoms with Gasteiger partial charge in [-0.1, -0.05) is 13.8 Å². The van der Waals surface area contributed by atoms with Gasteiger partial charge in [-0.2, -0.15) is 0 Å². The second-order valence-corrected chi connectivity index (χ2v) is 8.63. The van der Waals surface area contributed by atoms with Crippen LogP contribution < -0.4 is 33.2 Å². The highest BCUT2D eigenvalue weighted by molar-refractivity contribution is 5.95. The van der Waals surface area contributed by atoms with Crippen molar-refractivity contribution in [1.29, 1.82) is 0 Å². The maximum atomic E-state index is 12.9. The first-order valence-corrected chi connectivity index (χ1v) is 11.5. The van der Waals surface area contributed by atoms with Crippen LogP contribution in [0, 0.1) is 5.92 Å². The van der Waals surface area contributed by atoms with Crippen molar-refractivity contribution in [2.45, 2.75) is 63.7 Å². The third-order valence-electron chi connectivity index (χ3n) is 5.16. The van der Waals surface area contributed by atoms with Gasteiger partial charge in [-0.25, -0.2) is 9.78 Å². The second-order valence-electron chi connectivity index (χ2n) is 8.63. The van der Waals surface area contributed by atoms with Crippen LogP contribution >= 0.6 is 0 Å². The molecule has 0 aliphatic heterocycles. The SMILES string of the molecule is CC(C)C(NC(=O)C(N)CCCN=C(N)N)C(=O)NC(CC(=O)O)C(=O)NC(Cc1cnc[nH]1)C(=O)O. The molecule has 1 heterocycles. The van der Waals surface area contributed by atoms with E-state index < -0.39 is 66.2 Å². The van der Waals surface area contributed by atoms with Crippen LogP contribution in [0.2, 0.25) is 0 Å². The minimum atomic E-state index is -1.61. The first kappa shape index (κ1) is 30.8. The first-order valence-electron chi connectivity index (χ1n) is 11.5. The van der Waals surface area contributed by atoms with Crippen LogP contribution in [0.25, 0.3) is 0 Å². The number of aliphatic imine (C=N–C) groups is 1. The molecule has 0 aromatic carbocycles. The van der Waals surface area contributed by atoms with Gasteiger partial charge in [0.1, 0.15) is 18.1 Å². The van der Waals surface area contributed by atoms with E-state index in [1.165, 1.54) is 12.5 Å². The van der Waals surface area contributed by atoms with Crippen molar-refractivity contribution in [1.82, 2.24) is 25.9 Å². The Morgan fingerprint density at radius 3 is 2.19 bits per heavy atom. The monoisotopic (exact) mass is 525 g/mol. The second kappa shape index (κ2) is 15.0. The van der Waals surface area contributed by atoms with E-state index in [2.05, 4.69) is 30.9 Å².